The van der Waals surface area contributed by atoms with Crippen LogP contribution in [-0.2, 0) is 9.59 Å². The molecule has 1 fully saturated rings. The molecule has 0 aromatic heterocycles. The van der Waals surface area contributed by atoms with Crippen molar-refractivity contribution in [2.24, 2.45) is 17.8 Å². The fourth-order valence-corrected chi connectivity index (χ4v) is 3.91. The van der Waals surface area contributed by atoms with E-state index < -0.39 is 18.2 Å². The molecule has 0 amide bonds. The van der Waals surface area contributed by atoms with E-state index in [1.165, 1.54) is 0 Å². The minimum Gasteiger partial charge on any atom is -0.481 e. The average molecular weight is 371 g/mol. The van der Waals surface area contributed by atoms with Gasteiger partial charge in [-0.15, -0.1) is 0 Å². The number of aliphatic carboxylic acids is 1. The van der Waals surface area contributed by atoms with Crippen LogP contribution in [0, 0.1) is 17.8 Å². The van der Waals surface area contributed by atoms with Gasteiger partial charge in [-0.1, -0.05) is 38.8 Å². The number of hydrogen-bond acceptors (Lipinski definition) is 3. The molecule has 0 spiro atoms. The van der Waals surface area contributed by atoms with E-state index in [0.717, 1.165) is 12.8 Å². The number of allylic oxidation sites excluding steroid dienone is 2. The maximum absolute atomic E-state index is 13.9. The van der Waals surface area contributed by atoms with Gasteiger partial charge in [-0.25, -0.2) is 4.39 Å². The SMILES string of the molecule is CCCC[C@@H](F)[C@H](O)CC[C@H]1[C@H](C)CC(=O)[C@@H]1C/C=C\CCCC(=O)O. The maximum Gasteiger partial charge on any atom is 0.303 e. The largest absolute Gasteiger partial charge is 0.481 e. The first-order chi connectivity index (χ1) is 12.4. The Bertz CT molecular complexity index is 463. The Hall–Kier alpha value is -1.23. The molecule has 1 aliphatic rings. The standard InChI is InChI=1S/C21H35FO4/c1-3-4-10-18(22)19(23)13-12-16-15(2)14-20(24)17(16)9-7-5-6-8-11-21(25)26/h5,7,15-19,23H,3-4,6,8-14H2,1-2H3,(H,25,26)/b7-5-/t15-,16+,17-,18-,19-/m1/s1. The highest BCUT2D eigenvalue weighted by Crippen LogP contribution is 2.40. The number of Topliss-reactive ketones (excluding diaryl/α,β-unsaturated/α-hetero) is 1. The molecule has 0 heterocycles. The number of carboxylic acids is 1. The Morgan fingerprint density at radius 3 is 2.69 bits per heavy atom. The van der Waals surface area contributed by atoms with Crippen molar-refractivity contribution in [1.29, 1.82) is 0 Å². The normalized spacial score (nSPS) is 25.7. The highest BCUT2D eigenvalue weighted by molar-refractivity contribution is 5.84. The predicted octanol–water partition coefficient (Wildman–Crippen LogP) is 4.70. The summed E-state index contributed by atoms with van der Waals surface area (Å²) >= 11 is 0. The number of unbranched alkanes of at least 4 members (excludes halogenated alkanes) is 2. The summed E-state index contributed by atoms with van der Waals surface area (Å²) in [7, 11) is 0. The van der Waals surface area contributed by atoms with Crippen molar-refractivity contribution in [3.05, 3.63) is 12.2 Å². The van der Waals surface area contributed by atoms with Gasteiger partial charge in [0.2, 0.25) is 0 Å². The molecule has 0 saturated heterocycles. The third kappa shape index (κ3) is 7.98. The fraction of sp³-hybridized carbons (Fsp3) is 0.810. The lowest BCUT2D eigenvalue weighted by atomic mass is 9.83. The van der Waals surface area contributed by atoms with Crippen molar-refractivity contribution in [2.75, 3.05) is 0 Å². The molecule has 1 saturated carbocycles. The lowest BCUT2D eigenvalue weighted by Gasteiger charge is -2.23. The maximum atomic E-state index is 13.9. The number of halogens is 1. The number of carbonyl (C=O) groups is 2. The van der Waals surface area contributed by atoms with Crippen molar-refractivity contribution < 1.29 is 24.2 Å². The summed E-state index contributed by atoms with van der Waals surface area (Å²) in [5, 5.41) is 18.7. The zero-order valence-corrected chi connectivity index (χ0v) is 16.2. The van der Waals surface area contributed by atoms with Crippen molar-refractivity contribution >= 4 is 11.8 Å². The summed E-state index contributed by atoms with van der Waals surface area (Å²) in [6.45, 7) is 4.07. The van der Waals surface area contributed by atoms with E-state index in [2.05, 4.69) is 6.92 Å². The summed E-state index contributed by atoms with van der Waals surface area (Å²) in [4.78, 5) is 22.8. The Balaban J connectivity index is 2.44. The zero-order valence-electron chi connectivity index (χ0n) is 16.2. The highest BCUT2D eigenvalue weighted by atomic mass is 19.1. The first-order valence-electron chi connectivity index (χ1n) is 10.1. The molecule has 0 radical (unpaired) electrons. The van der Waals surface area contributed by atoms with Gasteiger partial charge in [-0.3, -0.25) is 9.59 Å². The van der Waals surface area contributed by atoms with Crippen molar-refractivity contribution in [1.82, 2.24) is 0 Å². The van der Waals surface area contributed by atoms with Gasteiger partial charge in [0.25, 0.3) is 0 Å². The number of hydrogen-bond donors (Lipinski definition) is 2. The van der Waals surface area contributed by atoms with Gasteiger partial charge in [-0.05, 0) is 50.4 Å². The quantitative estimate of drug-likeness (QED) is 0.364. The minimum absolute atomic E-state index is 0.0540. The van der Waals surface area contributed by atoms with Crippen LogP contribution in [0.5, 0.6) is 0 Å². The van der Waals surface area contributed by atoms with Gasteiger partial charge in [0.05, 0.1) is 6.10 Å². The number of aliphatic hydroxyl groups is 1. The number of carboxylic acid groups (broad SMARTS) is 1. The van der Waals surface area contributed by atoms with E-state index in [1.807, 2.05) is 19.1 Å². The molecule has 1 aliphatic carbocycles. The van der Waals surface area contributed by atoms with Crippen molar-refractivity contribution in [3.63, 3.8) is 0 Å². The molecule has 150 valence electrons. The van der Waals surface area contributed by atoms with Crippen LogP contribution in [-0.4, -0.2) is 34.2 Å². The van der Waals surface area contributed by atoms with Crippen molar-refractivity contribution in [3.8, 4) is 0 Å². The second kappa shape index (κ2) is 12.2. The molecule has 4 nitrogen and oxygen atoms in total. The molecule has 5 atom stereocenters. The zero-order chi connectivity index (χ0) is 19.5. The first-order valence-corrected chi connectivity index (χ1v) is 10.1. The third-order valence-electron chi connectivity index (χ3n) is 5.55. The lowest BCUT2D eigenvalue weighted by Crippen LogP contribution is -2.25. The Labute approximate surface area is 156 Å². The molecule has 0 aromatic carbocycles. The van der Waals surface area contributed by atoms with Crippen LogP contribution in [0.25, 0.3) is 0 Å². The van der Waals surface area contributed by atoms with E-state index in [0.29, 0.717) is 44.9 Å². The van der Waals surface area contributed by atoms with E-state index in [1.54, 1.807) is 0 Å². The second-order valence-corrected chi connectivity index (χ2v) is 7.71. The summed E-state index contributed by atoms with van der Waals surface area (Å²) < 4.78 is 13.9. The third-order valence-corrected chi connectivity index (χ3v) is 5.55. The van der Waals surface area contributed by atoms with Gasteiger partial charge >= 0.3 is 5.97 Å². The first kappa shape index (κ1) is 22.8. The molecule has 0 aromatic rings. The minimum atomic E-state index is -1.17. The Morgan fingerprint density at radius 2 is 2.04 bits per heavy atom. The number of carbonyl (C=O) groups excluding carboxylic acids is 1. The predicted molar refractivity (Wildman–Crippen MR) is 101 cm³/mol. The van der Waals surface area contributed by atoms with Crippen LogP contribution < -0.4 is 0 Å². The van der Waals surface area contributed by atoms with Gasteiger partial charge < -0.3 is 10.2 Å². The van der Waals surface area contributed by atoms with Crippen LogP contribution >= 0.6 is 0 Å². The van der Waals surface area contributed by atoms with Crippen LogP contribution in [0.2, 0.25) is 0 Å². The van der Waals surface area contributed by atoms with Gasteiger partial charge in [0.15, 0.2) is 0 Å². The number of ketones is 1. The molecular weight excluding hydrogens is 335 g/mol. The highest BCUT2D eigenvalue weighted by Gasteiger charge is 2.39. The summed E-state index contributed by atoms with van der Waals surface area (Å²) in [5.74, 6) is -0.119. The van der Waals surface area contributed by atoms with E-state index in [-0.39, 0.29) is 30.0 Å². The molecule has 1 rings (SSSR count). The van der Waals surface area contributed by atoms with E-state index in [4.69, 9.17) is 5.11 Å². The molecule has 2 N–H and O–H groups in total. The monoisotopic (exact) mass is 370 g/mol. The molecular formula is C21H35FO4. The summed E-state index contributed by atoms with van der Waals surface area (Å²) in [6.07, 6.45) is 7.70. The smallest absolute Gasteiger partial charge is 0.303 e. The summed E-state index contributed by atoms with van der Waals surface area (Å²) in [5.41, 5.74) is 0. The van der Waals surface area contributed by atoms with Gasteiger partial charge in [0, 0.05) is 18.8 Å². The summed E-state index contributed by atoms with van der Waals surface area (Å²) in [6, 6.07) is 0. The van der Waals surface area contributed by atoms with Gasteiger partial charge in [0.1, 0.15) is 12.0 Å². The fourth-order valence-electron chi connectivity index (χ4n) is 3.91. The molecule has 5 heteroatoms. The van der Waals surface area contributed by atoms with Gasteiger partial charge in [-0.2, -0.15) is 0 Å². The second-order valence-electron chi connectivity index (χ2n) is 7.71. The number of alkyl halides is 1. The van der Waals surface area contributed by atoms with Crippen LogP contribution in [0.4, 0.5) is 4.39 Å². The number of aliphatic hydroxyl groups excluding tert-OH is 1. The Morgan fingerprint density at radius 1 is 1.31 bits per heavy atom. The van der Waals surface area contributed by atoms with E-state index in [9.17, 15) is 19.1 Å². The number of rotatable bonds is 13. The van der Waals surface area contributed by atoms with Crippen LogP contribution in [0.15, 0.2) is 12.2 Å². The molecule has 0 bridgehead atoms. The average Bonchev–Trinajstić information content (AvgIpc) is 2.86. The van der Waals surface area contributed by atoms with Crippen molar-refractivity contribution in [2.45, 2.75) is 90.3 Å². The molecule has 0 aliphatic heterocycles. The Kier molecular flexibility index (Phi) is 10.7. The topological polar surface area (TPSA) is 74.6 Å². The van der Waals surface area contributed by atoms with Crippen LogP contribution in [0.3, 0.4) is 0 Å². The van der Waals surface area contributed by atoms with E-state index >= 15 is 0 Å². The molecule has 0 unspecified atom stereocenters. The van der Waals surface area contributed by atoms with Crippen LogP contribution in [0.1, 0.15) is 78.1 Å². The lowest BCUT2D eigenvalue weighted by molar-refractivity contribution is -0.137. The molecule has 26 heavy (non-hydrogen) atoms.